The first-order chi connectivity index (χ1) is 11.2. The SMILES string of the molecule is CN=C(NCCc1ccccc1)NCC(C)N1CCC(C)CC1.I. The first kappa shape index (κ1) is 21.2. The van der Waals surface area contributed by atoms with E-state index in [2.05, 4.69) is 64.7 Å². The van der Waals surface area contributed by atoms with Gasteiger partial charge in [-0.2, -0.15) is 0 Å². The Labute approximate surface area is 164 Å². The molecule has 136 valence electrons. The van der Waals surface area contributed by atoms with E-state index in [1.165, 1.54) is 31.5 Å². The van der Waals surface area contributed by atoms with Crippen LogP contribution in [0.1, 0.15) is 32.3 Å². The summed E-state index contributed by atoms with van der Waals surface area (Å²) >= 11 is 0. The predicted octanol–water partition coefficient (Wildman–Crippen LogP) is 3.13. The Hall–Kier alpha value is -0.820. The molecule has 0 aromatic heterocycles. The van der Waals surface area contributed by atoms with Crippen LogP contribution in [0.15, 0.2) is 35.3 Å². The lowest BCUT2D eigenvalue weighted by Gasteiger charge is -2.35. The number of benzene rings is 1. The summed E-state index contributed by atoms with van der Waals surface area (Å²) in [7, 11) is 1.84. The Morgan fingerprint density at radius 2 is 1.88 bits per heavy atom. The fourth-order valence-electron chi connectivity index (χ4n) is 3.03. The fraction of sp³-hybridized carbons (Fsp3) is 0.632. The summed E-state index contributed by atoms with van der Waals surface area (Å²) in [5.41, 5.74) is 1.35. The van der Waals surface area contributed by atoms with E-state index in [0.29, 0.717) is 6.04 Å². The van der Waals surface area contributed by atoms with Crippen LogP contribution in [-0.2, 0) is 6.42 Å². The van der Waals surface area contributed by atoms with Gasteiger partial charge in [0.1, 0.15) is 0 Å². The van der Waals surface area contributed by atoms with Crippen LogP contribution in [0.25, 0.3) is 0 Å². The Kier molecular flexibility index (Phi) is 10.3. The normalized spacial score (nSPS) is 17.9. The van der Waals surface area contributed by atoms with Gasteiger partial charge in [-0.15, -0.1) is 24.0 Å². The zero-order chi connectivity index (χ0) is 16.5. The summed E-state index contributed by atoms with van der Waals surface area (Å²) in [6.45, 7) is 8.96. The van der Waals surface area contributed by atoms with Crippen molar-refractivity contribution in [1.82, 2.24) is 15.5 Å². The van der Waals surface area contributed by atoms with Crippen molar-refractivity contribution >= 4 is 29.9 Å². The van der Waals surface area contributed by atoms with Gasteiger partial charge in [-0.05, 0) is 50.8 Å². The molecule has 0 amide bonds. The molecule has 1 aromatic carbocycles. The molecule has 1 aliphatic rings. The van der Waals surface area contributed by atoms with Crippen molar-refractivity contribution in [2.45, 2.75) is 39.2 Å². The monoisotopic (exact) mass is 444 g/mol. The van der Waals surface area contributed by atoms with Crippen molar-refractivity contribution in [3.63, 3.8) is 0 Å². The third-order valence-electron chi connectivity index (χ3n) is 4.78. The molecular formula is C19H33IN4. The van der Waals surface area contributed by atoms with Crippen molar-refractivity contribution in [1.29, 1.82) is 0 Å². The summed E-state index contributed by atoms with van der Waals surface area (Å²) in [6.07, 6.45) is 3.67. The maximum atomic E-state index is 4.32. The molecule has 0 saturated carbocycles. The Morgan fingerprint density at radius 3 is 2.50 bits per heavy atom. The van der Waals surface area contributed by atoms with Crippen molar-refractivity contribution in [2.75, 3.05) is 33.2 Å². The summed E-state index contributed by atoms with van der Waals surface area (Å²) in [6, 6.07) is 11.1. The number of aliphatic imine (C=N–C) groups is 1. The van der Waals surface area contributed by atoms with E-state index in [0.717, 1.165) is 31.4 Å². The molecule has 2 rings (SSSR count). The average molecular weight is 444 g/mol. The molecule has 0 radical (unpaired) electrons. The predicted molar refractivity (Wildman–Crippen MR) is 114 cm³/mol. The van der Waals surface area contributed by atoms with E-state index in [-0.39, 0.29) is 24.0 Å². The summed E-state index contributed by atoms with van der Waals surface area (Å²) in [4.78, 5) is 6.91. The number of piperidine rings is 1. The molecule has 1 aromatic rings. The quantitative estimate of drug-likeness (QED) is 0.403. The number of halogens is 1. The highest BCUT2D eigenvalue weighted by Gasteiger charge is 2.20. The zero-order valence-corrected chi connectivity index (χ0v) is 17.6. The first-order valence-electron chi connectivity index (χ1n) is 8.91. The van der Waals surface area contributed by atoms with Crippen LogP contribution in [0.4, 0.5) is 0 Å². The lowest BCUT2D eigenvalue weighted by atomic mass is 9.98. The van der Waals surface area contributed by atoms with Crippen LogP contribution in [-0.4, -0.2) is 50.1 Å². The first-order valence-corrected chi connectivity index (χ1v) is 8.91. The van der Waals surface area contributed by atoms with Crippen molar-refractivity contribution < 1.29 is 0 Å². The fourth-order valence-corrected chi connectivity index (χ4v) is 3.03. The van der Waals surface area contributed by atoms with Crippen LogP contribution in [0.5, 0.6) is 0 Å². The molecule has 1 saturated heterocycles. The number of guanidine groups is 1. The number of likely N-dealkylation sites (tertiary alicyclic amines) is 1. The Morgan fingerprint density at radius 1 is 1.21 bits per heavy atom. The number of rotatable bonds is 6. The lowest BCUT2D eigenvalue weighted by molar-refractivity contribution is 0.147. The van der Waals surface area contributed by atoms with E-state index in [1.54, 1.807) is 0 Å². The second-order valence-electron chi connectivity index (χ2n) is 6.68. The van der Waals surface area contributed by atoms with Crippen molar-refractivity contribution in [2.24, 2.45) is 10.9 Å². The van der Waals surface area contributed by atoms with E-state index in [4.69, 9.17) is 0 Å². The van der Waals surface area contributed by atoms with Crippen LogP contribution in [0.3, 0.4) is 0 Å². The maximum Gasteiger partial charge on any atom is 0.191 e. The molecule has 2 N–H and O–H groups in total. The Balaban J connectivity index is 0.00000288. The van der Waals surface area contributed by atoms with Gasteiger partial charge < -0.3 is 10.6 Å². The second-order valence-corrected chi connectivity index (χ2v) is 6.68. The average Bonchev–Trinajstić information content (AvgIpc) is 2.59. The van der Waals surface area contributed by atoms with E-state index in [1.807, 2.05) is 7.05 Å². The molecule has 0 aliphatic carbocycles. The molecule has 1 fully saturated rings. The molecule has 24 heavy (non-hydrogen) atoms. The number of nitrogens with one attached hydrogen (secondary N) is 2. The summed E-state index contributed by atoms with van der Waals surface area (Å²) < 4.78 is 0. The van der Waals surface area contributed by atoms with Gasteiger partial charge in [0.05, 0.1) is 0 Å². The van der Waals surface area contributed by atoms with E-state index in [9.17, 15) is 0 Å². The van der Waals surface area contributed by atoms with Gasteiger partial charge >= 0.3 is 0 Å². The smallest absolute Gasteiger partial charge is 0.191 e. The van der Waals surface area contributed by atoms with Gasteiger partial charge in [0.25, 0.3) is 0 Å². The molecule has 5 heteroatoms. The highest BCUT2D eigenvalue weighted by Crippen LogP contribution is 2.17. The molecule has 1 unspecified atom stereocenters. The molecule has 0 bridgehead atoms. The third kappa shape index (κ3) is 7.38. The van der Waals surface area contributed by atoms with E-state index >= 15 is 0 Å². The van der Waals surface area contributed by atoms with Crippen LogP contribution < -0.4 is 10.6 Å². The number of hydrogen-bond donors (Lipinski definition) is 2. The van der Waals surface area contributed by atoms with Crippen molar-refractivity contribution in [3.05, 3.63) is 35.9 Å². The van der Waals surface area contributed by atoms with E-state index < -0.39 is 0 Å². The topological polar surface area (TPSA) is 39.7 Å². The molecule has 0 spiro atoms. The van der Waals surface area contributed by atoms with Gasteiger partial charge in [-0.25, -0.2) is 0 Å². The molecule has 1 heterocycles. The molecule has 1 aliphatic heterocycles. The van der Waals surface area contributed by atoms with Gasteiger partial charge in [0.15, 0.2) is 5.96 Å². The summed E-state index contributed by atoms with van der Waals surface area (Å²) in [5.74, 6) is 1.79. The highest BCUT2D eigenvalue weighted by molar-refractivity contribution is 14.0. The summed E-state index contributed by atoms with van der Waals surface area (Å²) in [5, 5.41) is 6.86. The largest absolute Gasteiger partial charge is 0.356 e. The van der Waals surface area contributed by atoms with Crippen LogP contribution in [0.2, 0.25) is 0 Å². The standard InChI is InChI=1S/C19H32N4.HI/c1-16-10-13-23(14-11-16)17(2)15-22-19(20-3)21-12-9-18-7-5-4-6-8-18;/h4-8,16-17H,9-15H2,1-3H3,(H2,20,21,22);1H. The number of hydrogen-bond acceptors (Lipinski definition) is 2. The maximum absolute atomic E-state index is 4.32. The van der Waals surface area contributed by atoms with Gasteiger partial charge in [-0.1, -0.05) is 37.3 Å². The Bertz CT molecular complexity index is 470. The third-order valence-corrected chi connectivity index (χ3v) is 4.78. The van der Waals surface area contributed by atoms with Gasteiger partial charge in [0, 0.05) is 26.2 Å². The van der Waals surface area contributed by atoms with Crippen LogP contribution in [0, 0.1) is 5.92 Å². The van der Waals surface area contributed by atoms with Crippen molar-refractivity contribution in [3.8, 4) is 0 Å². The molecule has 1 atom stereocenters. The molecular weight excluding hydrogens is 411 g/mol. The number of nitrogens with zero attached hydrogens (tertiary/aromatic N) is 2. The minimum Gasteiger partial charge on any atom is -0.356 e. The van der Waals surface area contributed by atoms with Gasteiger partial charge in [0.2, 0.25) is 0 Å². The minimum atomic E-state index is 0. The lowest BCUT2D eigenvalue weighted by Crippen LogP contribution is -2.48. The minimum absolute atomic E-state index is 0. The zero-order valence-electron chi connectivity index (χ0n) is 15.3. The van der Waals surface area contributed by atoms with Gasteiger partial charge in [-0.3, -0.25) is 9.89 Å². The molecule has 4 nitrogen and oxygen atoms in total. The second kappa shape index (κ2) is 11.7. The highest BCUT2D eigenvalue weighted by atomic mass is 127. The van der Waals surface area contributed by atoms with Crippen LogP contribution >= 0.6 is 24.0 Å².